The summed E-state index contributed by atoms with van der Waals surface area (Å²) in [5.74, 6) is -0.403. The van der Waals surface area contributed by atoms with Crippen LogP contribution in [0.4, 0.5) is 0 Å². The largest absolute Gasteiger partial charge is 0.298 e. The van der Waals surface area contributed by atoms with E-state index in [1.807, 2.05) is 0 Å². The Morgan fingerprint density at radius 2 is 1.89 bits per heavy atom. The van der Waals surface area contributed by atoms with Crippen LogP contribution in [-0.4, -0.2) is 20.7 Å². The average molecular weight is 310 g/mol. The van der Waals surface area contributed by atoms with Gasteiger partial charge in [-0.2, -0.15) is 0 Å². The lowest BCUT2D eigenvalue weighted by atomic mass is 10.1. The molecule has 1 aromatic rings. The number of nitrogens with one attached hydrogen (secondary N) is 1. The maximum Gasteiger partial charge on any atom is 0.241 e. The molecule has 1 N–H and O–H groups in total. The predicted molar refractivity (Wildman–Crippen MR) is 71.5 cm³/mol. The molecule has 0 saturated carbocycles. The molecule has 0 spiro atoms. The molecule has 0 bridgehead atoms. The Bertz CT molecular complexity index is 555. The molecule has 0 aliphatic carbocycles. The van der Waals surface area contributed by atoms with Crippen LogP contribution in [0.15, 0.2) is 23.1 Å². The van der Waals surface area contributed by atoms with Crippen LogP contribution in [0.1, 0.15) is 13.8 Å². The van der Waals surface area contributed by atoms with E-state index >= 15 is 0 Å². The van der Waals surface area contributed by atoms with Gasteiger partial charge in [-0.3, -0.25) is 4.79 Å². The maximum atomic E-state index is 11.9. The summed E-state index contributed by atoms with van der Waals surface area (Å²) in [6.07, 6.45) is 0. The Kier molecular flexibility index (Phi) is 5.16. The minimum atomic E-state index is -3.74. The third-order valence-corrected chi connectivity index (χ3v) is 4.42. The van der Waals surface area contributed by atoms with Crippen molar-refractivity contribution in [2.24, 2.45) is 5.92 Å². The SMILES string of the molecule is CC(C)C(=O)CNS(=O)(=O)c1ccc(Cl)c(Cl)c1. The fraction of sp³-hybridized carbons (Fsp3) is 0.364. The van der Waals surface area contributed by atoms with Crippen molar-refractivity contribution in [1.29, 1.82) is 0 Å². The number of carbonyl (C=O) groups is 1. The summed E-state index contributed by atoms with van der Waals surface area (Å²) in [7, 11) is -3.74. The van der Waals surface area contributed by atoms with Gasteiger partial charge in [0.15, 0.2) is 0 Å². The van der Waals surface area contributed by atoms with Crippen LogP contribution >= 0.6 is 23.2 Å². The fourth-order valence-corrected chi connectivity index (χ4v) is 2.48. The number of halogens is 2. The highest BCUT2D eigenvalue weighted by molar-refractivity contribution is 7.89. The first-order chi connectivity index (χ1) is 8.24. The number of carbonyl (C=O) groups excluding carboxylic acids is 1. The highest BCUT2D eigenvalue weighted by Gasteiger charge is 2.17. The zero-order valence-electron chi connectivity index (χ0n) is 9.91. The minimum absolute atomic E-state index is 0.0199. The van der Waals surface area contributed by atoms with Crippen molar-refractivity contribution in [3.63, 3.8) is 0 Å². The van der Waals surface area contributed by atoms with E-state index in [4.69, 9.17) is 23.2 Å². The summed E-state index contributed by atoms with van der Waals surface area (Å²) in [5.41, 5.74) is 0. The Hall–Kier alpha value is -0.620. The zero-order chi connectivity index (χ0) is 13.9. The molecule has 0 radical (unpaired) electrons. The second-order valence-electron chi connectivity index (χ2n) is 4.02. The molecule has 1 aromatic carbocycles. The molecule has 100 valence electrons. The number of sulfonamides is 1. The fourth-order valence-electron chi connectivity index (χ4n) is 1.10. The van der Waals surface area contributed by atoms with E-state index in [-0.39, 0.29) is 33.2 Å². The topological polar surface area (TPSA) is 63.2 Å². The van der Waals surface area contributed by atoms with Crippen molar-refractivity contribution in [1.82, 2.24) is 4.72 Å². The van der Waals surface area contributed by atoms with Gasteiger partial charge in [0.05, 0.1) is 21.5 Å². The van der Waals surface area contributed by atoms with Crippen molar-refractivity contribution in [2.75, 3.05) is 6.54 Å². The number of hydrogen-bond acceptors (Lipinski definition) is 3. The summed E-state index contributed by atoms with van der Waals surface area (Å²) in [6.45, 7) is 3.17. The van der Waals surface area contributed by atoms with Crippen molar-refractivity contribution in [3.8, 4) is 0 Å². The lowest BCUT2D eigenvalue weighted by Crippen LogP contribution is -2.31. The molecule has 0 atom stereocenters. The standard InChI is InChI=1S/C11H13Cl2NO3S/c1-7(2)11(15)6-14-18(16,17)8-3-4-9(12)10(13)5-8/h3-5,7,14H,6H2,1-2H3. The quantitative estimate of drug-likeness (QED) is 0.909. The third kappa shape index (κ3) is 3.95. The first kappa shape index (κ1) is 15.4. The lowest BCUT2D eigenvalue weighted by molar-refractivity contribution is -0.120. The molecule has 0 heterocycles. The van der Waals surface area contributed by atoms with Gasteiger partial charge in [0, 0.05) is 5.92 Å². The lowest BCUT2D eigenvalue weighted by Gasteiger charge is -2.08. The summed E-state index contributed by atoms with van der Waals surface area (Å²) in [6, 6.07) is 3.96. The predicted octanol–water partition coefficient (Wildman–Crippen LogP) is 2.50. The molecule has 4 nitrogen and oxygen atoms in total. The van der Waals surface area contributed by atoms with Gasteiger partial charge in [-0.25, -0.2) is 13.1 Å². The van der Waals surface area contributed by atoms with Crippen LogP contribution in [0.2, 0.25) is 10.0 Å². The second-order valence-corrected chi connectivity index (χ2v) is 6.60. The average Bonchev–Trinajstić information content (AvgIpc) is 2.29. The number of Topliss-reactive ketones (excluding diaryl/α,β-unsaturated/α-hetero) is 1. The van der Waals surface area contributed by atoms with Gasteiger partial charge in [-0.15, -0.1) is 0 Å². The molecular formula is C11H13Cl2NO3S. The van der Waals surface area contributed by atoms with Crippen LogP contribution < -0.4 is 4.72 Å². The van der Waals surface area contributed by atoms with Crippen molar-refractivity contribution < 1.29 is 13.2 Å². The van der Waals surface area contributed by atoms with Crippen molar-refractivity contribution >= 4 is 39.0 Å². The molecule has 7 heteroatoms. The normalized spacial score (nSPS) is 11.8. The van der Waals surface area contributed by atoms with Crippen molar-refractivity contribution in [2.45, 2.75) is 18.7 Å². The molecule has 18 heavy (non-hydrogen) atoms. The van der Waals surface area contributed by atoms with Gasteiger partial charge in [-0.05, 0) is 18.2 Å². The molecule has 0 aromatic heterocycles. The summed E-state index contributed by atoms with van der Waals surface area (Å²) in [4.78, 5) is 11.3. The highest BCUT2D eigenvalue weighted by atomic mass is 35.5. The molecule has 0 aliphatic rings. The van der Waals surface area contributed by atoms with Crippen LogP contribution in [0.3, 0.4) is 0 Å². The van der Waals surface area contributed by atoms with Crippen LogP contribution in [0.25, 0.3) is 0 Å². The Morgan fingerprint density at radius 1 is 1.28 bits per heavy atom. The molecular weight excluding hydrogens is 297 g/mol. The molecule has 0 saturated heterocycles. The van der Waals surface area contributed by atoms with Gasteiger partial charge in [0.2, 0.25) is 10.0 Å². The molecule has 0 amide bonds. The second kappa shape index (κ2) is 6.02. The van der Waals surface area contributed by atoms with Crippen LogP contribution in [0.5, 0.6) is 0 Å². The maximum absolute atomic E-state index is 11.9. The highest BCUT2D eigenvalue weighted by Crippen LogP contribution is 2.24. The molecule has 0 fully saturated rings. The van der Waals surface area contributed by atoms with E-state index < -0.39 is 10.0 Å². The van der Waals surface area contributed by atoms with E-state index in [0.717, 1.165) is 0 Å². The Balaban J connectivity index is 2.87. The Labute approximate surface area is 116 Å². The monoisotopic (exact) mass is 309 g/mol. The van der Waals surface area contributed by atoms with E-state index in [1.54, 1.807) is 13.8 Å². The molecule has 0 unspecified atom stereocenters. The summed E-state index contributed by atoms with van der Waals surface area (Å²) >= 11 is 11.4. The van der Waals surface area contributed by atoms with E-state index in [1.165, 1.54) is 18.2 Å². The molecule has 0 aliphatic heterocycles. The van der Waals surface area contributed by atoms with E-state index in [0.29, 0.717) is 0 Å². The van der Waals surface area contributed by atoms with Gasteiger partial charge >= 0.3 is 0 Å². The number of rotatable bonds is 5. The first-order valence-electron chi connectivity index (χ1n) is 5.21. The van der Waals surface area contributed by atoms with Crippen LogP contribution in [0, 0.1) is 5.92 Å². The molecule has 1 rings (SSSR count). The summed E-state index contributed by atoms with van der Waals surface area (Å²) < 4.78 is 25.9. The first-order valence-corrected chi connectivity index (χ1v) is 7.45. The van der Waals surface area contributed by atoms with Crippen LogP contribution in [-0.2, 0) is 14.8 Å². The van der Waals surface area contributed by atoms with Crippen molar-refractivity contribution in [3.05, 3.63) is 28.2 Å². The summed E-state index contributed by atoms with van der Waals surface area (Å²) in [5, 5.41) is 0.420. The minimum Gasteiger partial charge on any atom is -0.298 e. The number of hydrogen-bond donors (Lipinski definition) is 1. The van der Waals surface area contributed by atoms with Gasteiger partial charge in [-0.1, -0.05) is 37.0 Å². The van der Waals surface area contributed by atoms with E-state index in [2.05, 4.69) is 4.72 Å². The smallest absolute Gasteiger partial charge is 0.241 e. The van der Waals surface area contributed by atoms with Gasteiger partial charge < -0.3 is 0 Å². The van der Waals surface area contributed by atoms with Gasteiger partial charge in [0.25, 0.3) is 0 Å². The number of ketones is 1. The third-order valence-electron chi connectivity index (χ3n) is 2.28. The number of benzene rings is 1. The zero-order valence-corrected chi connectivity index (χ0v) is 12.2. The van der Waals surface area contributed by atoms with Gasteiger partial charge in [0.1, 0.15) is 5.78 Å². The van der Waals surface area contributed by atoms with E-state index in [9.17, 15) is 13.2 Å². The Morgan fingerprint density at radius 3 is 2.39 bits per heavy atom.